The number of rotatable bonds is 4. The molecule has 0 unspecified atom stereocenters. The molecule has 2 fully saturated rings. The summed E-state index contributed by atoms with van der Waals surface area (Å²) in [7, 11) is 0. The third kappa shape index (κ3) is 3.53. The van der Waals surface area contributed by atoms with Crippen molar-refractivity contribution in [1.29, 1.82) is 0 Å². The molecule has 3 rings (SSSR count). The van der Waals surface area contributed by atoms with Gasteiger partial charge >= 0.3 is 6.03 Å². The normalized spacial score (nSPS) is 26.3. The van der Waals surface area contributed by atoms with Crippen LogP contribution in [0.1, 0.15) is 25.1 Å². The molecule has 0 bridgehead atoms. The Morgan fingerprint density at radius 2 is 2.25 bits per heavy atom. The van der Waals surface area contributed by atoms with Gasteiger partial charge in [0.2, 0.25) is 11.8 Å². The molecule has 0 radical (unpaired) electrons. The lowest BCUT2D eigenvalue weighted by Crippen LogP contribution is -2.61. The first-order chi connectivity index (χ1) is 11.4. The van der Waals surface area contributed by atoms with Gasteiger partial charge in [-0.05, 0) is 31.7 Å². The van der Waals surface area contributed by atoms with Crippen LogP contribution in [-0.4, -0.2) is 53.5 Å². The Kier molecular flexibility index (Phi) is 4.75. The standard InChI is InChI=1S/C16H22N4O3S/c1-9(2)17-16(23)18-10-6-13-14(21)19-12(15(22)20(13)8-10)7-11-4-3-5-24-11/h3-5,9-10,12-13H,6-8H2,1-2H3,(H,19,21)(H2,17,18,23)/t10-,12+,13-/m1/s1. The average molecular weight is 350 g/mol. The quantitative estimate of drug-likeness (QED) is 0.737. The maximum absolute atomic E-state index is 12.7. The van der Waals surface area contributed by atoms with Crippen molar-refractivity contribution < 1.29 is 14.4 Å². The van der Waals surface area contributed by atoms with Gasteiger partial charge in [0.25, 0.3) is 0 Å². The Balaban J connectivity index is 1.63. The molecule has 0 spiro atoms. The summed E-state index contributed by atoms with van der Waals surface area (Å²) in [5.74, 6) is -0.203. The van der Waals surface area contributed by atoms with Crippen molar-refractivity contribution in [2.75, 3.05) is 6.54 Å². The highest BCUT2D eigenvalue weighted by Crippen LogP contribution is 2.24. The average Bonchev–Trinajstić information content (AvgIpc) is 3.13. The highest BCUT2D eigenvalue weighted by molar-refractivity contribution is 7.09. The summed E-state index contributed by atoms with van der Waals surface area (Å²) < 4.78 is 0. The van der Waals surface area contributed by atoms with Crippen LogP contribution in [0.4, 0.5) is 4.79 Å². The van der Waals surface area contributed by atoms with Gasteiger partial charge in [-0.25, -0.2) is 4.79 Å². The van der Waals surface area contributed by atoms with Gasteiger partial charge in [-0.1, -0.05) is 6.07 Å². The van der Waals surface area contributed by atoms with Gasteiger partial charge in [-0.3, -0.25) is 9.59 Å². The third-order valence-corrected chi connectivity index (χ3v) is 5.14. The van der Waals surface area contributed by atoms with E-state index in [0.29, 0.717) is 19.4 Å². The van der Waals surface area contributed by atoms with E-state index < -0.39 is 12.1 Å². The van der Waals surface area contributed by atoms with E-state index in [1.54, 1.807) is 16.2 Å². The van der Waals surface area contributed by atoms with Crippen molar-refractivity contribution >= 4 is 29.2 Å². The smallest absolute Gasteiger partial charge is 0.315 e. The number of thiophene rings is 1. The molecule has 4 amide bonds. The fourth-order valence-corrected chi connectivity index (χ4v) is 3.97. The van der Waals surface area contributed by atoms with Crippen LogP contribution in [0.3, 0.4) is 0 Å². The molecule has 0 aliphatic carbocycles. The fourth-order valence-electron chi connectivity index (χ4n) is 3.22. The highest BCUT2D eigenvalue weighted by atomic mass is 32.1. The SMILES string of the molecule is CC(C)NC(=O)N[C@@H]1C[C@@H]2C(=O)N[C@@H](Cc3cccs3)C(=O)N2C1. The zero-order valence-electron chi connectivity index (χ0n) is 13.7. The second kappa shape index (κ2) is 6.80. The summed E-state index contributed by atoms with van der Waals surface area (Å²) in [5.41, 5.74) is 0. The van der Waals surface area contributed by atoms with E-state index in [0.717, 1.165) is 4.88 Å². The number of amides is 4. The molecule has 24 heavy (non-hydrogen) atoms. The van der Waals surface area contributed by atoms with Crippen molar-refractivity contribution in [2.45, 2.75) is 50.9 Å². The molecule has 0 saturated carbocycles. The Hall–Kier alpha value is -2.09. The van der Waals surface area contributed by atoms with Crippen LogP contribution in [0.25, 0.3) is 0 Å². The zero-order chi connectivity index (χ0) is 17.3. The molecule has 3 N–H and O–H groups in total. The van der Waals surface area contributed by atoms with Gasteiger partial charge in [-0.15, -0.1) is 11.3 Å². The number of carbonyl (C=O) groups excluding carboxylic acids is 3. The van der Waals surface area contributed by atoms with Gasteiger partial charge in [0, 0.05) is 23.9 Å². The number of nitrogens with zero attached hydrogens (tertiary/aromatic N) is 1. The van der Waals surface area contributed by atoms with Crippen molar-refractivity contribution in [1.82, 2.24) is 20.9 Å². The molecular formula is C16H22N4O3S. The molecular weight excluding hydrogens is 328 g/mol. The Labute approximate surface area is 144 Å². The van der Waals surface area contributed by atoms with Crippen LogP contribution in [0.2, 0.25) is 0 Å². The molecule has 2 aliphatic heterocycles. The van der Waals surface area contributed by atoms with Crippen LogP contribution < -0.4 is 16.0 Å². The van der Waals surface area contributed by atoms with Crippen LogP contribution in [0.15, 0.2) is 17.5 Å². The largest absolute Gasteiger partial charge is 0.342 e. The second-order valence-electron chi connectivity index (χ2n) is 6.56. The molecule has 8 heteroatoms. The summed E-state index contributed by atoms with van der Waals surface area (Å²) in [4.78, 5) is 39.5. The lowest BCUT2D eigenvalue weighted by atomic mass is 10.0. The van der Waals surface area contributed by atoms with E-state index in [4.69, 9.17) is 0 Å². The minimum absolute atomic E-state index is 0.0362. The van der Waals surface area contributed by atoms with Gasteiger partial charge in [0.05, 0.1) is 6.04 Å². The number of urea groups is 1. The summed E-state index contributed by atoms with van der Waals surface area (Å²) in [6.07, 6.45) is 0.964. The van der Waals surface area contributed by atoms with E-state index in [9.17, 15) is 14.4 Å². The fraction of sp³-hybridized carbons (Fsp3) is 0.562. The topological polar surface area (TPSA) is 90.5 Å². The summed E-state index contributed by atoms with van der Waals surface area (Å²) >= 11 is 1.57. The molecule has 3 atom stereocenters. The van der Waals surface area contributed by atoms with Crippen LogP contribution in [-0.2, 0) is 16.0 Å². The summed E-state index contributed by atoms with van der Waals surface area (Å²) in [5, 5.41) is 10.4. The van der Waals surface area contributed by atoms with Gasteiger partial charge in [0.1, 0.15) is 12.1 Å². The summed E-state index contributed by atoms with van der Waals surface area (Å²) in [6, 6.07) is 2.45. The predicted molar refractivity (Wildman–Crippen MR) is 90.7 cm³/mol. The predicted octanol–water partition coefficient (Wildman–Crippen LogP) is 0.466. The minimum Gasteiger partial charge on any atom is -0.342 e. The number of piperazine rings is 1. The van der Waals surface area contributed by atoms with E-state index in [2.05, 4.69) is 16.0 Å². The lowest BCUT2D eigenvalue weighted by molar-refractivity contribution is -0.146. The van der Waals surface area contributed by atoms with E-state index >= 15 is 0 Å². The Morgan fingerprint density at radius 1 is 1.46 bits per heavy atom. The second-order valence-corrected chi connectivity index (χ2v) is 7.59. The molecule has 0 aromatic carbocycles. The van der Waals surface area contributed by atoms with E-state index in [1.807, 2.05) is 31.4 Å². The zero-order valence-corrected chi connectivity index (χ0v) is 14.6. The van der Waals surface area contributed by atoms with Crippen molar-refractivity contribution in [3.63, 3.8) is 0 Å². The molecule has 130 valence electrons. The first-order valence-corrected chi connectivity index (χ1v) is 9.02. The first-order valence-electron chi connectivity index (χ1n) is 8.14. The molecule has 2 aliphatic rings. The van der Waals surface area contributed by atoms with Crippen molar-refractivity contribution in [3.8, 4) is 0 Å². The molecule has 7 nitrogen and oxygen atoms in total. The molecule has 1 aromatic heterocycles. The number of hydrogen-bond acceptors (Lipinski definition) is 4. The third-order valence-electron chi connectivity index (χ3n) is 4.24. The van der Waals surface area contributed by atoms with Crippen LogP contribution in [0, 0.1) is 0 Å². The monoisotopic (exact) mass is 350 g/mol. The summed E-state index contributed by atoms with van der Waals surface area (Å²) in [6.45, 7) is 4.14. The maximum Gasteiger partial charge on any atom is 0.315 e. The highest BCUT2D eigenvalue weighted by Gasteiger charge is 2.46. The van der Waals surface area contributed by atoms with Crippen molar-refractivity contribution in [2.24, 2.45) is 0 Å². The first kappa shape index (κ1) is 16.8. The molecule has 1 aromatic rings. The lowest BCUT2D eigenvalue weighted by Gasteiger charge is -2.34. The van der Waals surface area contributed by atoms with Crippen LogP contribution >= 0.6 is 11.3 Å². The molecule has 3 heterocycles. The van der Waals surface area contributed by atoms with Gasteiger partial charge < -0.3 is 20.9 Å². The van der Waals surface area contributed by atoms with Crippen LogP contribution in [0.5, 0.6) is 0 Å². The van der Waals surface area contributed by atoms with Gasteiger partial charge in [-0.2, -0.15) is 0 Å². The van der Waals surface area contributed by atoms with Crippen molar-refractivity contribution in [3.05, 3.63) is 22.4 Å². The maximum atomic E-state index is 12.7. The molecule has 2 saturated heterocycles. The Morgan fingerprint density at radius 3 is 2.92 bits per heavy atom. The number of hydrogen-bond donors (Lipinski definition) is 3. The number of fused-ring (bicyclic) bond motifs is 1. The minimum atomic E-state index is -0.518. The number of carbonyl (C=O) groups is 3. The van der Waals surface area contributed by atoms with E-state index in [1.165, 1.54) is 0 Å². The Bertz CT molecular complexity index is 631. The van der Waals surface area contributed by atoms with Gasteiger partial charge in [0.15, 0.2) is 0 Å². The number of nitrogens with one attached hydrogen (secondary N) is 3. The van der Waals surface area contributed by atoms with E-state index in [-0.39, 0.29) is 29.9 Å².